The minimum absolute atomic E-state index is 0. The summed E-state index contributed by atoms with van der Waals surface area (Å²) in [7, 11) is 0. The van der Waals surface area contributed by atoms with Crippen molar-refractivity contribution in [3.05, 3.63) is 21.4 Å². The van der Waals surface area contributed by atoms with Crippen molar-refractivity contribution in [2.45, 2.75) is 44.6 Å². The first-order chi connectivity index (χ1) is 8.78. The SMILES string of the molecule is Cl.NCC1CCCC1NC(=O)c1cc2c(s1)CCC2. The summed E-state index contributed by atoms with van der Waals surface area (Å²) in [5.74, 6) is 0.584. The van der Waals surface area contributed by atoms with Crippen LogP contribution in [0.1, 0.15) is 45.8 Å². The van der Waals surface area contributed by atoms with Crippen molar-refractivity contribution in [2.24, 2.45) is 11.7 Å². The molecule has 2 atom stereocenters. The number of fused-ring (bicyclic) bond motifs is 1. The minimum Gasteiger partial charge on any atom is -0.348 e. The van der Waals surface area contributed by atoms with Crippen LogP contribution in [0.3, 0.4) is 0 Å². The second-order valence-corrected chi connectivity index (χ2v) is 6.56. The van der Waals surface area contributed by atoms with Gasteiger partial charge in [0.1, 0.15) is 0 Å². The van der Waals surface area contributed by atoms with Gasteiger partial charge in [-0.2, -0.15) is 0 Å². The number of nitrogens with one attached hydrogen (secondary N) is 1. The molecule has 19 heavy (non-hydrogen) atoms. The Bertz CT molecular complexity index is 439. The third kappa shape index (κ3) is 2.96. The van der Waals surface area contributed by atoms with E-state index in [4.69, 9.17) is 5.73 Å². The smallest absolute Gasteiger partial charge is 0.261 e. The lowest BCUT2D eigenvalue weighted by Gasteiger charge is -2.18. The fraction of sp³-hybridized carbons (Fsp3) is 0.643. The highest BCUT2D eigenvalue weighted by Crippen LogP contribution is 2.31. The number of hydrogen-bond donors (Lipinski definition) is 2. The van der Waals surface area contributed by atoms with E-state index >= 15 is 0 Å². The molecule has 1 aromatic heterocycles. The van der Waals surface area contributed by atoms with Crippen molar-refractivity contribution in [3.63, 3.8) is 0 Å². The van der Waals surface area contributed by atoms with E-state index in [1.165, 1.54) is 23.3 Å². The zero-order valence-corrected chi connectivity index (χ0v) is 12.6. The maximum Gasteiger partial charge on any atom is 0.261 e. The van der Waals surface area contributed by atoms with E-state index in [0.717, 1.165) is 30.6 Å². The van der Waals surface area contributed by atoms with Gasteiger partial charge < -0.3 is 11.1 Å². The molecule has 0 radical (unpaired) electrons. The molecule has 1 amide bonds. The number of hydrogen-bond acceptors (Lipinski definition) is 3. The number of halogens is 1. The van der Waals surface area contributed by atoms with Crippen molar-refractivity contribution >= 4 is 29.7 Å². The zero-order chi connectivity index (χ0) is 12.5. The number of rotatable bonds is 3. The Labute approximate surface area is 124 Å². The summed E-state index contributed by atoms with van der Waals surface area (Å²) in [6, 6.07) is 2.38. The molecular weight excluding hydrogens is 280 g/mol. The molecule has 3 rings (SSSR count). The van der Waals surface area contributed by atoms with Gasteiger partial charge in [0.2, 0.25) is 0 Å². The molecule has 1 saturated carbocycles. The highest BCUT2D eigenvalue weighted by atomic mass is 35.5. The molecule has 3 N–H and O–H groups in total. The summed E-state index contributed by atoms with van der Waals surface area (Å²) in [6.45, 7) is 0.686. The first-order valence-electron chi connectivity index (χ1n) is 6.90. The predicted molar refractivity (Wildman–Crippen MR) is 81.2 cm³/mol. The van der Waals surface area contributed by atoms with Crippen LogP contribution >= 0.6 is 23.7 Å². The van der Waals surface area contributed by atoms with Crippen molar-refractivity contribution in [2.75, 3.05) is 6.54 Å². The molecule has 1 aromatic rings. The van der Waals surface area contributed by atoms with E-state index in [1.54, 1.807) is 11.3 Å². The molecule has 5 heteroatoms. The van der Waals surface area contributed by atoms with Gasteiger partial charge in [0.05, 0.1) is 4.88 Å². The Hall–Kier alpha value is -0.580. The second kappa shape index (κ2) is 6.25. The highest BCUT2D eigenvalue weighted by Gasteiger charge is 2.28. The molecule has 106 valence electrons. The number of nitrogens with two attached hydrogens (primary N) is 1. The third-order valence-electron chi connectivity index (χ3n) is 4.25. The second-order valence-electron chi connectivity index (χ2n) is 5.42. The van der Waals surface area contributed by atoms with Crippen LogP contribution in [0.5, 0.6) is 0 Å². The molecule has 1 heterocycles. The first kappa shape index (κ1) is 14.8. The lowest BCUT2D eigenvalue weighted by Crippen LogP contribution is -2.39. The molecule has 2 unspecified atom stereocenters. The fourth-order valence-electron chi connectivity index (χ4n) is 3.19. The van der Waals surface area contributed by atoms with Crippen LogP contribution in [0.2, 0.25) is 0 Å². The summed E-state index contributed by atoms with van der Waals surface area (Å²) in [4.78, 5) is 14.5. The number of thiophene rings is 1. The largest absolute Gasteiger partial charge is 0.348 e. The van der Waals surface area contributed by atoms with Crippen LogP contribution in [-0.4, -0.2) is 18.5 Å². The van der Waals surface area contributed by atoms with Crippen LogP contribution in [0.25, 0.3) is 0 Å². The number of aryl methyl sites for hydroxylation is 2. The van der Waals surface area contributed by atoms with Crippen LogP contribution < -0.4 is 11.1 Å². The van der Waals surface area contributed by atoms with Gasteiger partial charge in [-0.15, -0.1) is 23.7 Å². The summed E-state index contributed by atoms with van der Waals surface area (Å²) in [5, 5.41) is 3.18. The van der Waals surface area contributed by atoms with Gasteiger partial charge in [-0.3, -0.25) is 4.79 Å². The van der Waals surface area contributed by atoms with E-state index in [-0.39, 0.29) is 18.3 Å². The molecule has 1 fully saturated rings. The molecular formula is C14H21ClN2OS. The quantitative estimate of drug-likeness (QED) is 0.901. The Morgan fingerprint density at radius 2 is 2.21 bits per heavy atom. The minimum atomic E-state index is 0. The summed E-state index contributed by atoms with van der Waals surface area (Å²) in [5.41, 5.74) is 7.14. The molecule has 0 saturated heterocycles. The maximum absolute atomic E-state index is 12.2. The standard InChI is InChI=1S/C14H20N2OS.ClH/c15-8-10-4-1-5-11(10)16-14(17)13-7-9-3-2-6-12(9)18-13;/h7,10-11H,1-6,8,15H2,(H,16,17);1H. The molecule has 0 spiro atoms. The van der Waals surface area contributed by atoms with E-state index in [0.29, 0.717) is 18.5 Å². The van der Waals surface area contributed by atoms with Gasteiger partial charge in [-0.05, 0) is 56.2 Å². The maximum atomic E-state index is 12.2. The average Bonchev–Trinajstić information content (AvgIpc) is 3.02. The van der Waals surface area contributed by atoms with Crippen LogP contribution in [0.4, 0.5) is 0 Å². The summed E-state index contributed by atoms with van der Waals surface area (Å²) >= 11 is 1.68. The van der Waals surface area contributed by atoms with Gasteiger partial charge in [-0.1, -0.05) is 6.42 Å². The Morgan fingerprint density at radius 3 is 2.95 bits per heavy atom. The van der Waals surface area contributed by atoms with Gasteiger partial charge in [-0.25, -0.2) is 0 Å². The van der Waals surface area contributed by atoms with Gasteiger partial charge in [0.25, 0.3) is 5.91 Å². The van der Waals surface area contributed by atoms with E-state index in [1.807, 2.05) is 0 Å². The van der Waals surface area contributed by atoms with Gasteiger partial charge >= 0.3 is 0 Å². The molecule has 2 aliphatic carbocycles. The van der Waals surface area contributed by atoms with Crippen LogP contribution in [0, 0.1) is 5.92 Å². The molecule has 2 aliphatic rings. The number of carbonyl (C=O) groups excluding carboxylic acids is 1. The third-order valence-corrected chi connectivity index (χ3v) is 5.48. The molecule has 0 aliphatic heterocycles. The van der Waals surface area contributed by atoms with Crippen molar-refractivity contribution < 1.29 is 4.79 Å². The van der Waals surface area contributed by atoms with E-state index in [9.17, 15) is 4.79 Å². The normalized spacial score (nSPS) is 24.9. The molecule has 0 bridgehead atoms. The van der Waals surface area contributed by atoms with Crippen molar-refractivity contribution in [3.8, 4) is 0 Å². The summed E-state index contributed by atoms with van der Waals surface area (Å²) < 4.78 is 0. The number of amides is 1. The Kier molecular flexibility index (Phi) is 4.87. The van der Waals surface area contributed by atoms with Crippen LogP contribution in [0.15, 0.2) is 6.07 Å². The fourth-order valence-corrected chi connectivity index (χ4v) is 4.35. The van der Waals surface area contributed by atoms with Crippen molar-refractivity contribution in [1.29, 1.82) is 0 Å². The van der Waals surface area contributed by atoms with Crippen LogP contribution in [-0.2, 0) is 12.8 Å². The van der Waals surface area contributed by atoms with E-state index in [2.05, 4.69) is 11.4 Å². The van der Waals surface area contributed by atoms with Crippen molar-refractivity contribution in [1.82, 2.24) is 5.32 Å². The number of carbonyl (C=O) groups is 1. The Morgan fingerprint density at radius 1 is 1.37 bits per heavy atom. The monoisotopic (exact) mass is 300 g/mol. The van der Waals surface area contributed by atoms with Gasteiger partial charge in [0.15, 0.2) is 0 Å². The molecule has 0 aromatic carbocycles. The first-order valence-corrected chi connectivity index (χ1v) is 7.72. The topological polar surface area (TPSA) is 55.1 Å². The average molecular weight is 301 g/mol. The lowest BCUT2D eigenvalue weighted by atomic mass is 10.0. The van der Waals surface area contributed by atoms with E-state index < -0.39 is 0 Å². The highest BCUT2D eigenvalue weighted by molar-refractivity contribution is 7.14. The summed E-state index contributed by atoms with van der Waals surface area (Å²) in [6.07, 6.45) is 6.98. The zero-order valence-electron chi connectivity index (χ0n) is 11.0. The lowest BCUT2D eigenvalue weighted by molar-refractivity contribution is 0.0933. The van der Waals surface area contributed by atoms with Gasteiger partial charge in [0, 0.05) is 10.9 Å². The Balaban J connectivity index is 0.00000133. The predicted octanol–water partition coefficient (Wildman–Crippen LogP) is 2.52. The molecule has 3 nitrogen and oxygen atoms in total.